The van der Waals surface area contributed by atoms with E-state index in [2.05, 4.69) is 16.7 Å². The van der Waals surface area contributed by atoms with Crippen LogP contribution in [0.25, 0.3) is 0 Å². The Morgan fingerprint density at radius 1 is 0.222 bits per heavy atom. The molecule has 2 N–H and O–H groups in total. The van der Waals surface area contributed by atoms with Crippen molar-refractivity contribution in [3.63, 3.8) is 0 Å². The minimum Gasteiger partial charge on any atom is -0.744 e. The van der Waals surface area contributed by atoms with Crippen molar-refractivity contribution in [2.75, 3.05) is 0 Å². The molecule has 2 atom stereocenters. The fourth-order valence-corrected chi connectivity index (χ4v) is 20.8. The summed E-state index contributed by atoms with van der Waals surface area (Å²) >= 11 is 0. The van der Waals surface area contributed by atoms with E-state index >= 15 is 0 Å². The van der Waals surface area contributed by atoms with Crippen molar-refractivity contribution < 1.29 is 225 Å². The van der Waals surface area contributed by atoms with Gasteiger partial charge < -0.3 is 25.8 Å². The molecule has 0 amide bonds. The largest absolute Gasteiger partial charge is 0.744 e. The molecule has 2 unspecified atom stereocenters. The maximum atomic E-state index is 14.1. The van der Waals surface area contributed by atoms with E-state index in [0.29, 0.717) is 29.4 Å². The first-order chi connectivity index (χ1) is 57.4. The third-order valence-electron chi connectivity index (χ3n) is 14.7. The van der Waals surface area contributed by atoms with Gasteiger partial charge in [0.25, 0.3) is 0 Å². The molecule has 10 aromatic carbocycles. The molecule has 126 heavy (non-hydrogen) atoms. The second-order valence-electron chi connectivity index (χ2n) is 22.8. The summed E-state index contributed by atoms with van der Waals surface area (Å²) in [5.41, 5.74) is 0. The minimum atomic E-state index is -6.96. The quantitative estimate of drug-likeness (QED) is 0.0159. The van der Waals surface area contributed by atoms with Crippen LogP contribution in [-0.4, -0.2) is 107 Å². The van der Waals surface area contributed by atoms with E-state index in [-0.39, 0.29) is 0 Å². The molecule has 0 aliphatic heterocycles. The molecule has 0 aliphatic rings. The van der Waals surface area contributed by atoms with Gasteiger partial charge in [-0.05, 0) is 121 Å². The van der Waals surface area contributed by atoms with Crippen molar-refractivity contribution >= 4 is 103 Å². The Labute approximate surface area is 691 Å². The summed E-state index contributed by atoms with van der Waals surface area (Å²) in [6.07, 6.45) is -13.2. The molecule has 684 valence electrons. The lowest BCUT2D eigenvalue weighted by Gasteiger charge is -2.26. The van der Waals surface area contributed by atoms with Crippen molar-refractivity contribution in [3.05, 3.63) is 274 Å². The van der Waals surface area contributed by atoms with Crippen LogP contribution in [0.15, 0.2) is 207 Å². The average molecular weight is 2030 g/mol. The molecule has 0 saturated heterocycles. The van der Waals surface area contributed by atoms with Crippen molar-refractivity contribution in [2.45, 2.75) is 70.0 Å². The molecule has 62 heteroatoms. The van der Waals surface area contributed by atoms with Gasteiger partial charge in [0.15, 0.2) is 162 Å². The van der Waals surface area contributed by atoms with Crippen LogP contribution in [0.3, 0.4) is 0 Å². The van der Waals surface area contributed by atoms with Gasteiger partial charge in [0.1, 0.15) is 23.0 Å². The van der Waals surface area contributed by atoms with E-state index in [1.54, 1.807) is 60.7 Å². The highest BCUT2D eigenvalue weighted by Gasteiger charge is 2.72. The first-order valence-corrected chi connectivity index (χ1v) is 44.4. The number of benzene rings is 10. The van der Waals surface area contributed by atoms with Gasteiger partial charge in [0, 0.05) is 0 Å². The summed E-state index contributed by atoms with van der Waals surface area (Å²) in [7, 11) is -52.1. The molecule has 0 aliphatic carbocycles. The van der Waals surface area contributed by atoms with Gasteiger partial charge in [-0.3, -0.25) is 9.11 Å². The van der Waals surface area contributed by atoms with Crippen LogP contribution in [0, 0.1) is 116 Å². The Morgan fingerprint density at radius 3 is 0.476 bits per heavy atom. The summed E-state index contributed by atoms with van der Waals surface area (Å²) in [5, 5.41) is 0. The second kappa shape index (κ2) is 37.1. The van der Waals surface area contributed by atoms with Crippen LogP contribution in [-0.2, 0) is 103 Å². The lowest BCUT2D eigenvalue weighted by molar-refractivity contribution is -0.174. The third kappa shape index (κ3) is 20.7. The van der Waals surface area contributed by atoms with Crippen LogP contribution in [0.5, 0.6) is 23.0 Å². The molecule has 10 aromatic rings. The number of hydrogen-bond donors (Lipinski definition) is 2. The summed E-state index contributed by atoms with van der Waals surface area (Å²) in [4.78, 5) is -6.03. The fourth-order valence-electron chi connectivity index (χ4n) is 9.18. The van der Waals surface area contributed by atoms with E-state index in [4.69, 9.17) is 9.11 Å². The molecule has 0 fully saturated rings. The standard InChI is InChI=1S/2C30H13F10O6S3.2C2H2F4O6S2/c2*31-19-21(33)25(37)29(26(38)22(19)34)48(41,42)45-14-6-10-17(11-7-14)47(16-4-2-1-3-5-16)18-12-8-15(9-13-18)46-49(43,44)30-27(39)23(35)20(32)24(36)28(30)40;2*3-1(4,5)2(6,13(7,8)9)14(10,11)12/h2*1-13H;2*(H,7,8,9)(H,10,11,12)/q2*+1;;/p-2. The van der Waals surface area contributed by atoms with Crippen LogP contribution >= 0.6 is 0 Å². The van der Waals surface area contributed by atoms with E-state index in [0.717, 1.165) is 48.5 Å². The van der Waals surface area contributed by atoms with Crippen molar-refractivity contribution in [1.29, 1.82) is 0 Å². The summed E-state index contributed by atoms with van der Waals surface area (Å²) in [6, 6.07) is 35.0. The molecular weight excluding hydrogens is 2010 g/mol. The normalized spacial score (nSPS) is 13.5. The highest BCUT2D eigenvalue weighted by molar-refractivity contribution is 8.05. The zero-order valence-corrected chi connectivity index (χ0v) is 66.7. The smallest absolute Gasteiger partial charge is 0.454 e. The van der Waals surface area contributed by atoms with E-state index in [1.807, 2.05) is 0 Å². The lowest BCUT2D eigenvalue weighted by atomic mass is 10.3. The van der Waals surface area contributed by atoms with Gasteiger partial charge in [-0.25, -0.2) is 105 Å². The van der Waals surface area contributed by atoms with Gasteiger partial charge in [0.05, 0.1) is 21.8 Å². The minimum absolute atomic E-state index is 0.398. The van der Waals surface area contributed by atoms with Crippen molar-refractivity contribution in [3.8, 4) is 23.0 Å². The van der Waals surface area contributed by atoms with Gasteiger partial charge in [-0.15, -0.1) is 0 Å². The number of alkyl halides is 8. The molecular formula is C64H28F28O24S10. The Kier molecular flexibility index (Phi) is 30.2. The predicted octanol–water partition coefficient (Wildman–Crippen LogP) is 14.6. The van der Waals surface area contributed by atoms with Gasteiger partial charge in [0.2, 0.25) is 23.3 Å². The lowest BCUT2D eigenvalue weighted by Crippen LogP contribution is -2.53. The summed E-state index contributed by atoms with van der Waals surface area (Å²) < 4.78 is 589. The predicted molar refractivity (Wildman–Crippen MR) is 361 cm³/mol. The summed E-state index contributed by atoms with van der Waals surface area (Å²) in [6.45, 7) is 0. The number of rotatable bonds is 22. The number of hydrogen-bond acceptors (Lipinski definition) is 22. The Bertz CT molecular complexity index is 6010. The highest BCUT2D eigenvalue weighted by atomic mass is 32.3. The zero-order valence-electron chi connectivity index (χ0n) is 58.6. The molecule has 0 saturated carbocycles. The molecule has 0 aromatic heterocycles. The van der Waals surface area contributed by atoms with Crippen LogP contribution in [0.2, 0.25) is 0 Å². The first-order valence-electron chi connectivity index (χ1n) is 30.6. The third-order valence-corrected chi connectivity index (χ3v) is 30.3. The Hall–Kier alpha value is -10.4. The Balaban J connectivity index is 0.000000265. The second-order valence-corrected chi connectivity index (χ2v) is 39.3. The monoisotopic (exact) mass is 2030 g/mol. The average Bonchev–Trinajstić information content (AvgIpc) is 0.761. The highest BCUT2D eigenvalue weighted by Crippen LogP contribution is 2.45. The van der Waals surface area contributed by atoms with E-state index in [9.17, 15) is 199 Å². The molecule has 0 radical (unpaired) electrons. The zero-order chi connectivity index (χ0) is 96.0. The topological polar surface area (TPSA) is 397 Å². The van der Waals surface area contributed by atoms with E-state index < -0.39 is 283 Å². The SMILES string of the molecule is O=S(=O)(Oc1ccc([S+](c2ccccc2)c2ccc(OS(=O)(=O)c3c(F)c(F)c(F)c(F)c3F)cc2)cc1)c1c(F)c(F)c(F)c(F)c1F.O=S(=O)(Oc1ccc([S+](c2ccccc2)c2ccc(OS(=O)(=O)c3c(F)c(F)c(F)c(F)c3F)cc2)cc1)c1c(F)c(F)c(F)c(F)c1F.O=S(=O)([O-])C(F)(C(F)(F)F)S(=O)(=O)O.O=S(=O)([O-])C(F)(C(F)(F)F)S(=O)(=O)O. The maximum Gasteiger partial charge on any atom is 0.454 e. The van der Waals surface area contributed by atoms with Gasteiger partial charge in [-0.2, -0.15) is 85.6 Å². The molecule has 10 rings (SSSR count). The molecule has 0 bridgehead atoms. The molecule has 0 heterocycles. The van der Waals surface area contributed by atoms with Gasteiger partial charge in [-0.1, -0.05) is 36.4 Å². The van der Waals surface area contributed by atoms with Crippen LogP contribution in [0.4, 0.5) is 123 Å². The van der Waals surface area contributed by atoms with Crippen LogP contribution < -0.4 is 16.7 Å². The van der Waals surface area contributed by atoms with Crippen molar-refractivity contribution in [2.24, 2.45) is 0 Å². The van der Waals surface area contributed by atoms with Gasteiger partial charge >= 0.3 is 81.7 Å². The number of halogens is 28. The Morgan fingerprint density at radius 2 is 0.357 bits per heavy atom. The fraction of sp³-hybridized carbons (Fsp3) is 0.0625. The maximum absolute atomic E-state index is 14.1. The summed E-state index contributed by atoms with van der Waals surface area (Å²) in [5.74, 6) is -53.8. The van der Waals surface area contributed by atoms with Crippen molar-refractivity contribution in [1.82, 2.24) is 0 Å². The van der Waals surface area contributed by atoms with E-state index in [1.165, 1.54) is 48.5 Å². The molecule has 24 nitrogen and oxygen atoms in total. The first kappa shape index (κ1) is 103. The molecule has 0 spiro atoms. The van der Waals surface area contributed by atoms with Crippen LogP contribution in [0.1, 0.15) is 0 Å².